The summed E-state index contributed by atoms with van der Waals surface area (Å²) in [7, 11) is 5.03. The molecule has 0 radical (unpaired) electrons. The lowest BCUT2D eigenvalue weighted by atomic mass is 10.1. The Morgan fingerprint density at radius 1 is 0.853 bits per heavy atom. The molecule has 1 unspecified atom stereocenters. The van der Waals surface area contributed by atoms with Crippen molar-refractivity contribution < 1.29 is 14.2 Å². The number of aromatic nitrogens is 2. The molecule has 3 aromatic rings. The van der Waals surface area contributed by atoms with Crippen LogP contribution in [-0.4, -0.2) is 82.0 Å². The van der Waals surface area contributed by atoms with Crippen molar-refractivity contribution in [3.8, 4) is 17.2 Å². The predicted molar refractivity (Wildman–Crippen MR) is 135 cm³/mol. The van der Waals surface area contributed by atoms with E-state index in [0.29, 0.717) is 17.4 Å². The van der Waals surface area contributed by atoms with E-state index in [9.17, 15) is 0 Å². The number of benzene rings is 2. The SMILES string of the molecule is COc1cccc(N2CCN(CC3CCN(c4ncnc5cc(OC)c(OC)cc45)C3)CC2)c1. The zero-order valence-corrected chi connectivity index (χ0v) is 20.2. The Bertz CT molecular complexity index is 1130. The minimum atomic E-state index is 0.633. The first-order valence-electron chi connectivity index (χ1n) is 11.9. The first-order valence-corrected chi connectivity index (χ1v) is 11.9. The summed E-state index contributed by atoms with van der Waals surface area (Å²) in [4.78, 5) is 16.6. The summed E-state index contributed by atoms with van der Waals surface area (Å²) < 4.78 is 16.4. The zero-order valence-electron chi connectivity index (χ0n) is 20.2. The molecular weight excluding hydrogens is 430 g/mol. The van der Waals surface area contributed by atoms with Crippen molar-refractivity contribution in [3.63, 3.8) is 0 Å². The second-order valence-electron chi connectivity index (χ2n) is 9.01. The lowest BCUT2D eigenvalue weighted by Crippen LogP contribution is -2.48. The maximum atomic E-state index is 5.52. The van der Waals surface area contributed by atoms with Crippen LogP contribution in [0.1, 0.15) is 6.42 Å². The molecule has 2 aliphatic rings. The number of methoxy groups -OCH3 is 3. The van der Waals surface area contributed by atoms with Gasteiger partial charge in [0, 0.05) is 69.0 Å². The van der Waals surface area contributed by atoms with Gasteiger partial charge in [0.2, 0.25) is 0 Å². The third-order valence-electron chi connectivity index (χ3n) is 7.01. The molecule has 0 saturated carbocycles. The number of hydrogen-bond acceptors (Lipinski definition) is 8. The Morgan fingerprint density at radius 2 is 1.65 bits per heavy atom. The quantitative estimate of drug-likeness (QED) is 0.529. The molecule has 2 aromatic carbocycles. The summed E-state index contributed by atoms with van der Waals surface area (Å²) in [6.45, 7) is 7.40. The molecule has 0 aliphatic carbocycles. The lowest BCUT2D eigenvalue weighted by Gasteiger charge is -2.37. The van der Waals surface area contributed by atoms with Crippen molar-refractivity contribution in [3.05, 3.63) is 42.7 Å². The monoisotopic (exact) mass is 463 g/mol. The molecule has 3 heterocycles. The van der Waals surface area contributed by atoms with E-state index in [0.717, 1.165) is 68.3 Å². The van der Waals surface area contributed by atoms with E-state index in [4.69, 9.17) is 14.2 Å². The van der Waals surface area contributed by atoms with Crippen LogP contribution in [0, 0.1) is 5.92 Å². The van der Waals surface area contributed by atoms with E-state index in [2.05, 4.69) is 42.9 Å². The first kappa shape index (κ1) is 22.5. The second kappa shape index (κ2) is 9.93. The van der Waals surface area contributed by atoms with Gasteiger partial charge in [0.25, 0.3) is 0 Å². The average Bonchev–Trinajstić information content (AvgIpc) is 3.36. The number of piperazine rings is 1. The van der Waals surface area contributed by atoms with E-state index in [1.165, 1.54) is 12.1 Å². The zero-order chi connectivity index (χ0) is 23.5. The third-order valence-corrected chi connectivity index (χ3v) is 7.01. The average molecular weight is 464 g/mol. The molecule has 5 rings (SSSR count). The minimum absolute atomic E-state index is 0.633. The maximum absolute atomic E-state index is 5.52. The van der Waals surface area contributed by atoms with Gasteiger partial charge in [0.1, 0.15) is 17.9 Å². The van der Waals surface area contributed by atoms with Gasteiger partial charge in [-0.3, -0.25) is 4.90 Å². The summed E-state index contributed by atoms with van der Waals surface area (Å²) in [6.07, 6.45) is 2.82. The lowest BCUT2D eigenvalue weighted by molar-refractivity contribution is 0.225. The van der Waals surface area contributed by atoms with Gasteiger partial charge >= 0.3 is 0 Å². The van der Waals surface area contributed by atoms with Crippen molar-refractivity contribution in [1.29, 1.82) is 0 Å². The van der Waals surface area contributed by atoms with E-state index >= 15 is 0 Å². The van der Waals surface area contributed by atoms with Crippen LogP contribution in [0.25, 0.3) is 10.9 Å². The fraction of sp³-hybridized carbons (Fsp3) is 0.462. The molecule has 180 valence electrons. The van der Waals surface area contributed by atoms with Crippen LogP contribution >= 0.6 is 0 Å². The van der Waals surface area contributed by atoms with Crippen molar-refractivity contribution >= 4 is 22.4 Å². The van der Waals surface area contributed by atoms with Crippen LogP contribution in [0.2, 0.25) is 0 Å². The maximum Gasteiger partial charge on any atom is 0.162 e. The Balaban J connectivity index is 1.21. The first-order chi connectivity index (χ1) is 16.7. The van der Waals surface area contributed by atoms with Crippen LogP contribution in [0.5, 0.6) is 17.2 Å². The molecule has 1 aromatic heterocycles. The number of nitrogens with zero attached hydrogens (tertiary/aromatic N) is 5. The molecule has 2 fully saturated rings. The van der Waals surface area contributed by atoms with Crippen molar-refractivity contribution in [2.45, 2.75) is 6.42 Å². The molecule has 0 N–H and O–H groups in total. The molecule has 0 spiro atoms. The van der Waals surface area contributed by atoms with Crippen molar-refractivity contribution in [2.24, 2.45) is 5.92 Å². The van der Waals surface area contributed by atoms with Gasteiger partial charge in [0.05, 0.1) is 26.8 Å². The Morgan fingerprint density at radius 3 is 2.41 bits per heavy atom. The van der Waals surface area contributed by atoms with E-state index in [-0.39, 0.29) is 0 Å². The smallest absolute Gasteiger partial charge is 0.162 e. The highest BCUT2D eigenvalue weighted by atomic mass is 16.5. The van der Waals surface area contributed by atoms with Crippen LogP contribution in [0.3, 0.4) is 0 Å². The summed E-state index contributed by atoms with van der Waals surface area (Å²) in [6, 6.07) is 12.3. The largest absolute Gasteiger partial charge is 0.497 e. The van der Waals surface area contributed by atoms with E-state index in [1.54, 1.807) is 27.7 Å². The van der Waals surface area contributed by atoms with Gasteiger partial charge in [-0.25, -0.2) is 9.97 Å². The normalized spacial score (nSPS) is 19.0. The van der Waals surface area contributed by atoms with Gasteiger partial charge in [-0.15, -0.1) is 0 Å². The predicted octanol–water partition coefficient (Wildman–Crippen LogP) is 3.30. The fourth-order valence-corrected chi connectivity index (χ4v) is 5.16. The Kier molecular flexibility index (Phi) is 6.58. The van der Waals surface area contributed by atoms with Crippen LogP contribution in [0.4, 0.5) is 11.5 Å². The van der Waals surface area contributed by atoms with Crippen LogP contribution in [0.15, 0.2) is 42.7 Å². The van der Waals surface area contributed by atoms with Crippen LogP contribution < -0.4 is 24.0 Å². The highest BCUT2D eigenvalue weighted by molar-refractivity contribution is 5.92. The number of rotatable bonds is 7. The number of fused-ring (bicyclic) bond motifs is 1. The van der Waals surface area contributed by atoms with Gasteiger partial charge < -0.3 is 24.0 Å². The van der Waals surface area contributed by atoms with Gasteiger partial charge in [-0.2, -0.15) is 0 Å². The molecule has 1 atom stereocenters. The molecular formula is C26H33N5O3. The number of hydrogen-bond donors (Lipinski definition) is 0. The highest BCUT2D eigenvalue weighted by Crippen LogP contribution is 2.36. The van der Waals surface area contributed by atoms with Crippen molar-refractivity contribution in [1.82, 2.24) is 14.9 Å². The van der Waals surface area contributed by atoms with Gasteiger partial charge in [-0.1, -0.05) is 6.07 Å². The number of anilines is 2. The standard InChI is InChI=1S/C26H33N5O3/c1-32-21-6-4-5-20(13-21)30-11-9-29(10-12-30)16-19-7-8-31(17-19)26-22-14-24(33-2)25(34-3)15-23(22)27-18-28-26/h4-6,13-15,18-19H,7-12,16-17H2,1-3H3. The second-order valence-corrected chi connectivity index (χ2v) is 9.01. The summed E-state index contributed by atoms with van der Waals surface area (Å²) in [5.74, 6) is 3.92. The molecule has 8 heteroatoms. The molecule has 0 bridgehead atoms. The summed E-state index contributed by atoms with van der Waals surface area (Å²) >= 11 is 0. The van der Waals surface area contributed by atoms with Crippen molar-refractivity contribution in [2.75, 3.05) is 76.9 Å². The topological polar surface area (TPSA) is 63.2 Å². The molecule has 2 aliphatic heterocycles. The summed E-state index contributed by atoms with van der Waals surface area (Å²) in [5, 5.41) is 1.01. The van der Waals surface area contributed by atoms with Gasteiger partial charge in [0.15, 0.2) is 11.5 Å². The summed E-state index contributed by atoms with van der Waals surface area (Å²) in [5.41, 5.74) is 2.12. The third kappa shape index (κ3) is 4.55. The molecule has 2 saturated heterocycles. The van der Waals surface area contributed by atoms with E-state index < -0.39 is 0 Å². The van der Waals surface area contributed by atoms with E-state index in [1.807, 2.05) is 18.2 Å². The molecule has 0 amide bonds. The minimum Gasteiger partial charge on any atom is -0.497 e. The van der Waals surface area contributed by atoms with Crippen LogP contribution in [-0.2, 0) is 0 Å². The van der Waals surface area contributed by atoms with Gasteiger partial charge in [-0.05, 0) is 30.5 Å². The molecule has 8 nitrogen and oxygen atoms in total. The fourth-order valence-electron chi connectivity index (χ4n) is 5.16. The molecule has 34 heavy (non-hydrogen) atoms. The Labute approximate surface area is 201 Å². The number of ether oxygens (including phenoxy) is 3. The highest BCUT2D eigenvalue weighted by Gasteiger charge is 2.28. The Hall–Kier alpha value is -3.26.